The van der Waals surface area contributed by atoms with Gasteiger partial charge in [0.1, 0.15) is 5.82 Å². The van der Waals surface area contributed by atoms with Gasteiger partial charge in [-0.15, -0.1) is 0 Å². The maximum absolute atomic E-state index is 13.7. The number of halogens is 1. The molecule has 0 aliphatic carbocycles. The number of aromatic nitrogens is 2. The largest absolute Gasteiger partial charge is 0.333 e. The molecular formula is C27H34ClN3O2. The molecule has 0 aliphatic rings. The van der Waals surface area contributed by atoms with E-state index in [0.29, 0.717) is 34.7 Å². The highest BCUT2D eigenvalue weighted by Crippen LogP contribution is 2.28. The molecule has 0 spiro atoms. The molecular weight excluding hydrogens is 434 g/mol. The molecule has 1 atom stereocenters. The second-order valence-corrected chi connectivity index (χ2v) is 10.9. The molecule has 1 amide bonds. The van der Waals surface area contributed by atoms with Crippen LogP contribution in [0.5, 0.6) is 0 Å². The minimum atomic E-state index is -0.403. The molecule has 0 N–H and O–H groups in total. The summed E-state index contributed by atoms with van der Waals surface area (Å²) in [6.45, 7) is 14.9. The van der Waals surface area contributed by atoms with Crippen LogP contribution >= 0.6 is 11.6 Å². The first-order valence-electron chi connectivity index (χ1n) is 11.5. The molecule has 2 aromatic carbocycles. The number of hydrogen-bond donors (Lipinski definition) is 0. The van der Waals surface area contributed by atoms with Gasteiger partial charge >= 0.3 is 0 Å². The van der Waals surface area contributed by atoms with Crippen LogP contribution in [0.1, 0.15) is 65.4 Å². The van der Waals surface area contributed by atoms with Crippen LogP contribution in [-0.4, -0.2) is 26.9 Å². The first-order valence-corrected chi connectivity index (χ1v) is 11.8. The van der Waals surface area contributed by atoms with E-state index in [1.165, 1.54) is 0 Å². The zero-order chi connectivity index (χ0) is 24.5. The fourth-order valence-corrected chi connectivity index (χ4v) is 4.13. The van der Waals surface area contributed by atoms with Gasteiger partial charge in [0, 0.05) is 18.0 Å². The number of fused-ring (bicyclic) bond motifs is 1. The Hall–Kier alpha value is -2.66. The summed E-state index contributed by atoms with van der Waals surface area (Å²) in [5, 5.41) is 1.01. The number of aryl methyl sites for hydroxylation is 1. The summed E-state index contributed by atoms with van der Waals surface area (Å²) in [4.78, 5) is 33.8. The molecule has 0 saturated heterocycles. The van der Waals surface area contributed by atoms with Gasteiger partial charge in [-0.05, 0) is 55.5 Å². The van der Waals surface area contributed by atoms with Crippen LogP contribution in [0.4, 0.5) is 0 Å². The lowest BCUT2D eigenvalue weighted by Gasteiger charge is -2.34. The Bertz CT molecular complexity index is 1210. The van der Waals surface area contributed by atoms with Crippen molar-refractivity contribution in [1.29, 1.82) is 0 Å². The maximum Gasteiger partial charge on any atom is 0.266 e. The average molecular weight is 468 g/mol. The van der Waals surface area contributed by atoms with E-state index in [2.05, 4.69) is 34.6 Å². The molecule has 0 saturated carbocycles. The fourth-order valence-electron chi connectivity index (χ4n) is 3.96. The van der Waals surface area contributed by atoms with E-state index in [4.69, 9.17) is 16.6 Å². The van der Waals surface area contributed by atoms with Gasteiger partial charge in [-0.3, -0.25) is 14.2 Å². The van der Waals surface area contributed by atoms with Crippen LogP contribution in [0.25, 0.3) is 16.6 Å². The number of carbonyl (C=O) groups excluding carboxylic acids is 1. The van der Waals surface area contributed by atoms with Crippen molar-refractivity contribution in [1.82, 2.24) is 14.5 Å². The second kappa shape index (κ2) is 9.68. The van der Waals surface area contributed by atoms with Crippen LogP contribution in [0.3, 0.4) is 0 Å². The molecule has 176 valence electrons. The number of amides is 1. The molecule has 6 heteroatoms. The molecule has 1 aromatic heterocycles. The fraction of sp³-hybridized carbons (Fsp3) is 0.444. The average Bonchev–Trinajstić information content (AvgIpc) is 2.70. The van der Waals surface area contributed by atoms with Crippen LogP contribution < -0.4 is 5.56 Å². The SMILES string of the molecule is Cc1ccc(-n2c(C(C)N(CC(C)C)C(=O)CC(C)(C)C)nc3cc(Cl)ccc3c2=O)cc1. The van der Waals surface area contributed by atoms with Crippen molar-refractivity contribution in [2.24, 2.45) is 11.3 Å². The maximum atomic E-state index is 13.7. The Morgan fingerprint density at radius 2 is 1.73 bits per heavy atom. The molecule has 3 aromatic rings. The molecule has 1 heterocycles. The number of rotatable bonds is 6. The quantitative estimate of drug-likeness (QED) is 0.425. The van der Waals surface area contributed by atoms with Crippen LogP contribution in [0, 0.1) is 18.3 Å². The zero-order valence-corrected chi connectivity index (χ0v) is 21.4. The van der Waals surface area contributed by atoms with Gasteiger partial charge in [0.15, 0.2) is 0 Å². The van der Waals surface area contributed by atoms with E-state index < -0.39 is 6.04 Å². The van der Waals surface area contributed by atoms with Crippen molar-refractivity contribution < 1.29 is 4.79 Å². The number of carbonyl (C=O) groups is 1. The Balaban J connectivity index is 2.25. The summed E-state index contributed by atoms with van der Waals surface area (Å²) in [6.07, 6.45) is 0.415. The first-order chi connectivity index (χ1) is 15.4. The van der Waals surface area contributed by atoms with E-state index in [0.717, 1.165) is 11.3 Å². The van der Waals surface area contributed by atoms with Crippen LogP contribution in [0.2, 0.25) is 5.02 Å². The lowest BCUT2D eigenvalue weighted by atomic mass is 9.91. The van der Waals surface area contributed by atoms with Crippen LogP contribution in [0.15, 0.2) is 47.3 Å². The van der Waals surface area contributed by atoms with E-state index >= 15 is 0 Å². The van der Waals surface area contributed by atoms with Gasteiger partial charge < -0.3 is 4.90 Å². The van der Waals surface area contributed by atoms with Crippen molar-refractivity contribution in [2.75, 3.05) is 6.54 Å². The highest BCUT2D eigenvalue weighted by molar-refractivity contribution is 6.31. The molecule has 3 rings (SSSR count). The van der Waals surface area contributed by atoms with Crippen molar-refractivity contribution >= 4 is 28.4 Å². The minimum Gasteiger partial charge on any atom is -0.333 e. The van der Waals surface area contributed by atoms with Crippen molar-refractivity contribution in [3.8, 4) is 5.69 Å². The predicted octanol–water partition coefficient (Wildman–Crippen LogP) is 6.33. The third-order valence-electron chi connectivity index (χ3n) is 5.55. The number of benzene rings is 2. The summed E-state index contributed by atoms with van der Waals surface area (Å²) in [7, 11) is 0. The Kier molecular flexibility index (Phi) is 7.32. The normalized spacial score (nSPS) is 12.9. The summed E-state index contributed by atoms with van der Waals surface area (Å²) in [6, 6.07) is 12.5. The third-order valence-corrected chi connectivity index (χ3v) is 5.79. The van der Waals surface area contributed by atoms with Gasteiger partial charge in [-0.25, -0.2) is 4.98 Å². The van der Waals surface area contributed by atoms with E-state index in [1.54, 1.807) is 22.8 Å². The van der Waals surface area contributed by atoms with Gasteiger partial charge in [0.25, 0.3) is 5.56 Å². The monoisotopic (exact) mass is 467 g/mol. The van der Waals surface area contributed by atoms with Gasteiger partial charge in [-0.1, -0.05) is 63.9 Å². The lowest BCUT2D eigenvalue weighted by Crippen LogP contribution is -2.40. The molecule has 0 fully saturated rings. The third kappa shape index (κ3) is 5.83. The first kappa shape index (κ1) is 25.0. The van der Waals surface area contributed by atoms with Crippen LogP contribution in [-0.2, 0) is 4.79 Å². The molecule has 5 nitrogen and oxygen atoms in total. The molecule has 1 unspecified atom stereocenters. The molecule has 33 heavy (non-hydrogen) atoms. The Morgan fingerprint density at radius 1 is 1.09 bits per heavy atom. The van der Waals surface area contributed by atoms with E-state index in [9.17, 15) is 9.59 Å². The van der Waals surface area contributed by atoms with Crippen molar-refractivity contribution in [2.45, 2.75) is 60.9 Å². The highest BCUT2D eigenvalue weighted by Gasteiger charge is 2.29. The Labute approximate surface area is 201 Å². The lowest BCUT2D eigenvalue weighted by molar-refractivity contribution is -0.136. The van der Waals surface area contributed by atoms with Gasteiger partial charge in [-0.2, -0.15) is 0 Å². The molecule has 0 aliphatic heterocycles. The topological polar surface area (TPSA) is 55.2 Å². The Morgan fingerprint density at radius 3 is 2.30 bits per heavy atom. The van der Waals surface area contributed by atoms with Crippen molar-refractivity contribution in [3.63, 3.8) is 0 Å². The van der Waals surface area contributed by atoms with E-state index in [1.807, 2.05) is 43.0 Å². The van der Waals surface area contributed by atoms with Gasteiger partial charge in [0.2, 0.25) is 5.91 Å². The van der Waals surface area contributed by atoms with Crippen molar-refractivity contribution in [3.05, 3.63) is 69.2 Å². The second-order valence-electron chi connectivity index (χ2n) is 10.5. The zero-order valence-electron chi connectivity index (χ0n) is 20.6. The summed E-state index contributed by atoms with van der Waals surface area (Å²) in [5.74, 6) is 0.854. The predicted molar refractivity (Wildman–Crippen MR) is 136 cm³/mol. The highest BCUT2D eigenvalue weighted by atomic mass is 35.5. The summed E-state index contributed by atoms with van der Waals surface area (Å²) >= 11 is 6.22. The van der Waals surface area contributed by atoms with Gasteiger partial charge in [0.05, 0.1) is 22.6 Å². The summed E-state index contributed by atoms with van der Waals surface area (Å²) in [5.41, 5.74) is 2.04. The standard InChI is InChI=1S/C27H34ClN3O2/c1-17(2)16-30(24(32)15-27(5,6)7)19(4)25-29-23-14-20(28)10-13-22(23)26(33)31(25)21-11-8-18(3)9-12-21/h8-14,17,19H,15-16H2,1-7H3. The molecule has 0 radical (unpaired) electrons. The van der Waals surface area contributed by atoms with E-state index in [-0.39, 0.29) is 22.8 Å². The summed E-state index contributed by atoms with van der Waals surface area (Å²) < 4.78 is 1.64. The number of nitrogens with zero attached hydrogens (tertiary/aromatic N) is 3. The molecule has 0 bridgehead atoms. The number of hydrogen-bond acceptors (Lipinski definition) is 3. The smallest absolute Gasteiger partial charge is 0.266 e. The minimum absolute atomic E-state index is 0.0552.